The van der Waals surface area contributed by atoms with E-state index in [1.165, 1.54) is 5.56 Å². The smallest absolute Gasteiger partial charge is 0.214 e. The minimum Gasteiger partial charge on any atom is -0.497 e. The number of nitrogens with zero attached hydrogens (tertiary/aromatic N) is 2. The number of ether oxygens (including phenoxy) is 1. The van der Waals surface area contributed by atoms with Crippen molar-refractivity contribution >= 4 is 10.0 Å². The van der Waals surface area contributed by atoms with Crippen molar-refractivity contribution in [3.05, 3.63) is 65.7 Å². The molecule has 1 saturated heterocycles. The molecule has 1 aliphatic heterocycles. The summed E-state index contributed by atoms with van der Waals surface area (Å²) in [7, 11) is -1.62. The van der Waals surface area contributed by atoms with Crippen molar-refractivity contribution in [1.82, 2.24) is 9.21 Å². The summed E-state index contributed by atoms with van der Waals surface area (Å²) in [6.45, 7) is 3.54. The lowest BCUT2D eigenvalue weighted by molar-refractivity contribution is 0.181. The lowest BCUT2D eigenvalue weighted by atomic mass is 10.2. The third-order valence-corrected chi connectivity index (χ3v) is 6.63. The fourth-order valence-corrected chi connectivity index (χ4v) is 4.68. The maximum Gasteiger partial charge on any atom is 0.214 e. The summed E-state index contributed by atoms with van der Waals surface area (Å²) in [6.07, 6.45) is 0.504. The van der Waals surface area contributed by atoms with Gasteiger partial charge in [0.25, 0.3) is 0 Å². The van der Waals surface area contributed by atoms with Crippen LogP contribution in [0.4, 0.5) is 0 Å². The van der Waals surface area contributed by atoms with E-state index in [1.807, 2.05) is 42.5 Å². The molecule has 2 aromatic rings. The minimum absolute atomic E-state index is 0.138. The lowest BCUT2D eigenvalue weighted by Crippen LogP contribution is -2.48. The minimum atomic E-state index is -3.23. The predicted octanol–water partition coefficient (Wildman–Crippen LogP) is 2.39. The van der Waals surface area contributed by atoms with Crippen LogP contribution in [0.1, 0.15) is 11.1 Å². The van der Waals surface area contributed by atoms with E-state index in [0.717, 1.165) is 30.9 Å². The zero-order valence-electron chi connectivity index (χ0n) is 15.2. The lowest BCUT2D eigenvalue weighted by Gasteiger charge is -2.34. The average molecular weight is 375 g/mol. The molecular weight excluding hydrogens is 348 g/mol. The van der Waals surface area contributed by atoms with Gasteiger partial charge in [-0.1, -0.05) is 42.5 Å². The first-order valence-corrected chi connectivity index (χ1v) is 10.5. The summed E-state index contributed by atoms with van der Waals surface area (Å²) in [6, 6.07) is 17.9. The topological polar surface area (TPSA) is 49.9 Å². The van der Waals surface area contributed by atoms with Crippen molar-refractivity contribution in [2.75, 3.05) is 39.0 Å². The molecule has 0 radical (unpaired) electrons. The number of hydrogen-bond donors (Lipinski definition) is 0. The van der Waals surface area contributed by atoms with Crippen LogP contribution in [0.25, 0.3) is 0 Å². The Labute approximate surface area is 156 Å². The number of rotatable bonds is 7. The Hall–Kier alpha value is -1.89. The zero-order chi connectivity index (χ0) is 18.4. The van der Waals surface area contributed by atoms with Gasteiger partial charge in [0.2, 0.25) is 10.0 Å². The summed E-state index contributed by atoms with van der Waals surface area (Å²) < 4.78 is 32.1. The van der Waals surface area contributed by atoms with Gasteiger partial charge in [-0.3, -0.25) is 4.90 Å². The Morgan fingerprint density at radius 2 is 1.62 bits per heavy atom. The van der Waals surface area contributed by atoms with E-state index in [0.29, 0.717) is 19.5 Å². The maximum absolute atomic E-state index is 12.7. The van der Waals surface area contributed by atoms with Gasteiger partial charge in [0.1, 0.15) is 5.75 Å². The first kappa shape index (κ1) is 18.9. The second-order valence-electron chi connectivity index (χ2n) is 6.58. The Bertz CT molecular complexity index is 801. The highest BCUT2D eigenvalue weighted by Gasteiger charge is 2.26. The monoisotopic (exact) mass is 374 g/mol. The molecule has 0 saturated carbocycles. The number of aryl methyl sites for hydroxylation is 1. The highest BCUT2D eigenvalue weighted by atomic mass is 32.2. The molecule has 0 aliphatic carbocycles. The Balaban J connectivity index is 1.51. The molecule has 0 unspecified atom stereocenters. The van der Waals surface area contributed by atoms with E-state index >= 15 is 0 Å². The van der Waals surface area contributed by atoms with Crippen molar-refractivity contribution in [2.45, 2.75) is 13.0 Å². The van der Waals surface area contributed by atoms with Gasteiger partial charge in [-0.05, 0) is 29.7 Å². The molecule has 6 heteroatoms. The number of piperazine rings is 1. The largest absolute Gasteiger partial charge is 0.497 e. The Morgan fingerprint density at radius 3 is 2.31 bits per heavy atom. The normalized spacial score (nSPS) is 16.5. The van der Waals surface area contributed by atoms with Crippen LogP contribution in [0, 0.1) is 0 Å². The van der Waals surface area contributed by atoms with Crippen LogP contribution in [0.5, 0.6) is 5.75 Å². The summed E-state index contributed by atoms with van der Waals surface area (Å²) in [5, 5.41) is 0. The molecule has 0 spiro atoms. The van der Waals surface area contributed by atoms with E-state index < -0.39 is 10.0 Å². The van der Waals surface area contributed by atoms with Crippen molar-refractivity contribution in [1.29, 1.82) is 0 Å². The molecule has 1 fully saturated rings. The molecule has 0 N–H and O–H groups in total. The Kier molecular flexibility index (Phi) is 6.29. The van der Waals surface area contributed by atoms with Crippen LogP contribution in [0.15, 0.2) is 54.6 Å². The van der Waals surface area contributed by atoms with Crippen molar-refractivity contribution in [3.63, 3.8) is 0 Å². The molecular formula is C20H26N2O3S. The molecule has 1 heterocycles. The van der Waals surface area contributed by atoms with Gasteiger partial charge in [-0.2, -0.15) is 4.31 Å². The third-order valence-electron chi connectivity index (χ3n) is 4.76. The van der Waals surface area contributed by atoms with Gasteiger partial charge in [0, 0.05) is 32.7 Å². The standard InChI is InChI=1S/C20H26N2O3S/c1-25-20-9-5-8-18(16-20)10-15-26(23,24)22-13-11-21(12-14-22)17-19-6-3-2-4-7-19/h2-9,16H,10-15,17H2,1H3. The van der Waals surface area contributed by atoms with Crippen LogP contribution in [-0.2, 0) is 23.0 Å². The average Bonchev–Trinajstić information content (AvgIpc) is 2.68. The second kappa shape index (κ2) is 8.66. The molecule has 5 nitrogen and oxygen atoms in total. The second-order valence-corrected chi connectivity index (χ2v) is 8.67. The summed E-state index contributed by atoms with van der Waals surface area (Å²) >= 11 is 0. The quantitative estimate of drug-likeness (QED) is 0.747. The van der Waals surface area contributed by atoms with Gasteiger partial charge < -0.3 is 4.74 Å². The van der Waals surface area contributed by atoms with Crippen LogP contribution in [-0.4, -0.2) is 56.7 Å². The van der Waals surface area contributed by atoms with Gasteiger partial charge in [0.15, 0.2) is 0 Å². The molecule has 0 aromatic heterocycles. The number of hydrogen-bond acceptors (Lipinski definition) is 4. The van der Waals surface area contributed by atoms with Crippen LogP contribution in [0.3, 0.4) is 0 Å². The molecule has 0 atom stereocenters. The Morgan fingerprint density at radius 1 is 0.923 bits per heavy atom. The molecule has 2 aromatic carbocycles. The van der Waals surface area contributed by atoms with E-state index in [9.17, 15) is 8.42 Å². The van der Waals surface area contributed by atoms with Crippen LogP contribution in [0.2, 0.25) is 0 Å². The maximum atomic E-state index is 12.7. The summed E-state index contributed by atoms with van der Waals surface area (Å²) in [5.74, 6) is 0.896. The van der Waals surface area contributed by atoms with Gasteiger partial charge in [0.05, 0.1) is 12.9 Å². The summed E-state index contributed by atoms with van der Waals surface area (Å²) in [4.78, 5) is 2.31. The van der Waals surface area contributed by atoms with Gasteiger partial charge in [-0.15, -0.1) is 0 Å². The van der Waals surface area contributed by atoms with E-state index in [1.54, 1.807) is 11.4 Å². The van der Waals surface area contributed by atoms with Gasteiger partial charge in [-0.25, -0.2) is 8.42 Å². The fraction of sp³-hybridized carbons (Fsp3) is 0.400. The zero-order valence-corrected chi connectivity index (χ0v) is 16.0. The molecule has 0 amide bonds. The van der Waals surface area contributed by atoms with E-state index in [4.69, 9.17) is 4.74 Å². The number of benzene rings is 2. The van der Waals surface area contributed by atoms with E-state index in [2.05, 4.69) is 17.0 Å². The van der Waals surface area contributed by atoms with Crippen molar-refractivity contribution < 1.29 is 13.2 Å². The van der Waals surface area contributed by atoms with Crippen molar-refractivity contribution in [2.24, 2.45) is 0 Å². The SMILES string of the molecule is COc1cccc(CCS(=O)(=O)N2CCN(Cc3ccccc3)CC2)c1. The fourth-order valence-electron chi connectivity index (χ4n) is 3.21. The van der Waals surface area contributed by atoms with Crippen LogP contribution >= 0.6 is 0 Å². The number of methoxy groups -OCH3 is 1. The highest BCUT2D eigenvalue weighted by Crippen LogP contribution is 2.16. The molecule has 1 aliphatic rings. The predicted molar refractivity (Wildman–Crippen MR) is 104 cm³/mol. The molecule has 0 bridgehead atoms. The van der Waals surface area contributed by atoms with E-state index in [-0.39, 0.29) is 5.75 Å². The number of sulfonamides is 1. The highest BCUT2D eigenvalue weighted by molar-refractivity contribution is 7.89. The molecule has 26 heavy (non-hydrogen) atoms. The first-order chi connectivity index (χ1) is 12.6. The van der Waals surface area contributed by atoms with Crippen molar-refractivity contribution in [3.8, 4) is 5.75 Å². The molecule has 140 valence electrons. The van der Waals surface area contributed by atoms with Gasteiger partial charge >= 0.3 is 0 Å². The molecule has 3 rings (SSSR count). The third kappa shape index (κ3) is 5.06. The summed E-state index contributed by atoms with van der Waals surface area (Å²) in [5.41, 5.74) is 2.25. The first-order valence-electron chi connectivity index (χ1n) is 8.94. The van der Waals surface area contributed by atoms with Crippen LogP contribution < -0.4 is 4.74 Å².